The van der Waals surface area contributed by atoms with Gasteiger partial charge in [-0.2, -0.15) is 0 Å². The van der Waals surface area contributed by atoms with E-state index in [2.05, 4.69) is 19.2 Å². The van der Waals surface area contributed by atoms with Crippen molar-refractivity contribution in [2.24, 2.45) is 0 Å². The Morgan fingerprint density at radius 1 is 1.00 bits per heavy atom. The highest BCUT2D eigenvalue weighted by Crippen LogP contribution is 2.17. The third-order valence-electron chi connectivity index (χ3n) is 3.90. The molecule has 1 N–H and O–H groups in total. The molecule has 6 heteroatoms. The van der Waals surface area contributed by atoms with Gasteiger partial charge in [0, 0.05) is 11.3 Å². The minimum absolute atomic E-state index is 0.332. The molecule has 0 aliphatic carbocycles. The first-order valence-corrected chi connectivity index (χ1v) is 8.67. The Kier molecular flexibility index (Phi) is 7.11. The van der Waals surface area contributed by atoms with E-state index in [0.29, 0.717) is 29.2 Å². The van der Waals surface area contributed by atoms with Crippen LogP contribution < -0.4 is 10.1 Å². The number of carbonyl (C=O) groups excluding carboxylic acids is 3. The second-order valence-electron chi connectivity index (χ2n) is 6.37. The Morgan fingerprint density at radius 3 is 2.19 bits per heavy atom. The summed E-state index contributed by atoms with van der Waals surface area (Å²) in [4.78, 5) is 34.6. The predicted octanol–water partition coefficient (Wildman–Crippen LogP) is 3.57. The summed E-state index contributed by atoms with van der Waals surface area (Å²) in [5.74, 6) is -0.243. The Morgan fingerprint density at radius 2 is 1.63 bits per heavy atom. The summed E-state index contributed by atoms with van der Waals surface area (Å²) in [7, 11) is 0. The van der Waals surface area contributed by atoms with Crippen LogP contribution in [-0.2, 0) is 14.3 Å². The molecule has 0 fully saturated rings. The van der Waals surface area contributed by atoms with Crippen molar-refractivity contribution in [1.82, 2.24) is 0 Å². The van der Waals surface area contributed by atoms with Gasteiger partial charge in [0.2, 0.25) is 0 Å². The fraction of sp³-hybridized carbons (Fsp3) is 0.286. The molecule has 1 atom stereocenters. The molecule has 0 spiro atoms. The topological polar surface area (TPSA) is 81.7 Å². The normalized spacial score (nSPS) is 11.6. The van der Waals surface area contributed by atoms with Crippen LogP contribution in [0, 0.1) is 0 Å². The van der Waals surface area contributed by atoms with E-state index < -0.39 is 18.0 Å². The largest absolute Gasteiger partial charge is 0.482 e. The lowest BCUT2D eigenvalue weighted by Crippen LogP contribution is -2.31. The van der Waals surface area contributed by atoms with Gasteiger partial charge < -0.3 is 14.8 Å². The molecule has 2 aromatic carbocycles. The van der Waals surface area contributed by atoms with Crippen LogP contribution in [0.25, 0.3) is 0 Å². The lowest BCUT2D eigenvalue weighted by Gasteiger charge is -2.14. The minimum Gasteiger partial charge on any atom is -0.482 e. The smallest absolute Gasteiger partial charge is 0.344 e. The van der Waals surface area contributed by atoms with Crippen LogP contribution in [0.5, 0.6) is 5.75 Å². The second-order valence-corrected chi connectivity index (χ2v) is 6.37. The second kappa shape index (κ2) is 9.52. The molecule has 0 saturated carbocycles. The highest BCUT2D eigenvalue weighted by atomic mass is 16.6. The average molecular weight is 369 g/mol. The van der Waals surface area contributed by atoms with Crippen molar-refractivity contribution in [2.75, 3.05) is 11.9 Å². The number of hydrogen-bond acceptors (Lipinski definition) is 5. The maximum absolute atomic E-state index is 12.1. The number of carbonyl (C=O) groups is 3. The number of esters is 1. The van der Waals surface area contributed by atoms with E-state index in [1.54, 1.807) is 24.3 Å². The molecule has 0 aliphatic heterocycles. The van der Waals surface area contributed by atoms with Crippen LogP contribution in [0.4, 0.5) is 5.69 Å². The summed E-state index contributed by atoms with van der Waals surface area (Å²) >= 11 is 0. The Bertz CT molecular complexity index is 781. The van der Waals surface area contributed by atoms with Gasteiger partial charge in [-0.05, 0) is 54.8 Å². The molecule has 142 valence electrons. The molecule has 0 radical (unpaired) electrons. The highest BCUT2D eigenvalue weighted by Gasteiger charge is 2.18. The van der Waals surface area contributed by atoms with Gasteiger partial charge in [0.05, 0.1) is 0 Å². The lowest BCUT2D eigenvalue weighted by molar-refractivity contribution is -0.155. The summed E-state index contributed by atoms with van der Waals surface area (Å²) in [6.45, 7) is 5.34. The van der Waals surface area contributed by atoms with Crippen LogP contribution >= 0.6 is 0 Å². The maximum Gasteiger partial charge on any atom is 0.344 e. The van der Waals surface area contributed by atoms with Gasteiger partial charge in [0.15, 0.2) is 12.7 Å². The van der Waals surface area contributed by atoms with Gasteiger partial charge in [-0.3, -0.25) is 9.59 Å². The van der Waals surface area contributed by atoms with Crippen LogP contribution in [-0.4, -0.2) is 30.9 Å². The van der Waals surface area contributed by atoms with Crippen molar-refractivity contribution in [2.45, 2.75) is 32.8 Å². The number of ether oxygens (including phenoxy) is 2. The van der Waals surface area contributed by atoms with E-state index in [1.165, 1.54) is 12.5 Å². The van der Waals surface area contributed by atoms with Crippen LogP contribution in [0.1, 0.15) is 42.6 Å². The number of nitrogens with one attached hydrogen (secondary N) is 1. The van der Waals surface area contributed by atoms with Crippen molar-refractivity contribution in [1.29, 1.82) is 0 Å². The number of benzene rings is 2. The minimum atomic E-state index is -0.955. The third kappa shape index (κ3) is 6.26. The number of hydrogen-bond donors (Lipinski definition) is 1. The van der Waals surface area contributed by atoms with E-state index in [1.807, 2.05) is 24.3 Å². The Labute approximate surface area is 158 Å². The third-order valence-corrected chi connectivity index (χ3v) is 3.90. The van der Waals surface area contributed by atoms with Crippen molar-refractivity contribution >= 4 is 23.9 Å². The van der Waals surface area contributed by atoms with E-state index >= 15 is 0 Å². The molecule has 27 heavy (non-hydrogen) atoms. The summed E-state index contributed by atoms with van der Waals surface area (Å²) in [5, 5.41) is 2.71. The maximum atomic E-state index is 12.1. The summed E-state index contributed by atoms with van der Waals surface area (Å²) in [6, 6.07) is 13.8. The highest BCUT2D eigenvalue weighted by molar-refractivity contribution is 5.95. The molecule has 0 aromatic heterocycles. The molecule has 1 amide bonds. The van der Waals surface area contributed by atoms with Gasteiger partial charge in [-0.25, -0.2) is 4.79 Å². The van der Waals surface area contributed by atoms with E-state index in [9.17, 15) is 14.4 Å². The van der Waals surface area contributed by atoms with E-state index in [4.69, 9.17) is 9.47 Å². The summed E-state index contributed by atoms with van der Waals surface area (Å²) in [5.41, 5.74) is 2.32. The van der Waals surface area contributed by atoms with Crippen LogP contribution in [0.15, 0.2) is 48.5 Å². The Hall–Kier alpha value is -3.15. The Balaban J connectivity index is 1.80. The van der Waals surface area contributed by atoms with Crippen LogP contribution in [0.2, 0.25) is 0 Å². The fourth-order valence-electron chi connectivity index (χ4n) is 2.26. The first kappa shape index (κ1) is 20.2. The molecule has 2 rings (SSSR count). The molecule has 0 unspecified atom stereocenters. The van der Waals surface area contributed by atoms with Gasteiger partial charge in [0.1, 0.15) is 12.0 Å². The number of aldehydes is 1. The zero-order valence-corrected chi connectivity index (χ0v) is 15.6. The van der Waals surface area contributed by atoms with Gasteiger partial charge >= 0.3 is 5.97 Å². The number of anilines is 1. The monoisotopic (exact) mass is 369 g/mol. The van der Waals surface area contributed by atoms with Crippen molar-refractivity contribution in [3.63, 3.8) is 0 Å². The molecule has 6 nitrogen and oxygen atoms in total. The SMILES string of the molecule is CC(C)c1ccc(NC(=O)[C@H](C)OC(=O)COc2ccc(C=O)cc2)cc1. The predicted molar refractivity (Wildman–Crippen MR) is 102 cm³/mol. The molecule has 0 bridgehead atoms. The van der Waals surface area contributed by atoms with Gasteiger partial charge in [-0.15, -0.1) is 0 Å². The molecular formula is C21H23NO5. The summed E-state index contributed by atoms with van der Waals surface area (Å²) in [6.07, 6.45) is -0.238. The van der Waals surface area contributed by atoms with Gasteiger partial charge in [-0.1, -0.05) is 26.0 Å². The molecular weight excluding hydrogens is 346 g/mol. The first-order valence-electron chi connectivity index (χ1n) is 8.67. The van der Waals surface area contributed by atoms with Crippen LogP contribution in [0.3, 0.4) is 0 Å². The number of rotatable bonds is 8. The van der Waals surface area contributed by atoms with E-state index in [0.717, 1.165) is 0 Å². The van der Waals surface area contributed by atoms with Gasteiger partial charge in [0.25, 0.3) is 5.91 Å². The lowest BCUT2D eigenvalue weighted by atomic mass is 10.0. The van der Waals surface area contributed by atoms with E-state index in [-0.39, 0.29) is 6.61 Å². The quantitative estimate of drug-likeness (QED) is 0.568. The zero-order chi connectivity index (χ0) is 19.8. The molecule has 2 aromatic rings. The van der Waals surface area contributed by atoms with Crippen molar-refractivity contribution in [3.8, 4) is 5.75 Å². The number of amides is 1. The molecule has 0 heterocycles. The zero-order valence-electron chi connectivity index (χ0n) is 15.6. The fourth-order valence-corrected chi connectivity index (χ4v) is 2.26. The first-order chi connectivity index (χ1) is 12.9. The van der Waals surface area contributed by atoms with Crippen molar-refractivity contribution in [3.05, 3.63) is 59.7 Å². The standard InChI is InChI=1S/C21H23NO5/c1-14(2)17-6-8-18(9-7-17)22-21(25)15(3)27-20(24)13-26-19-10-4-16(12-23)5-11-19/h4-12,14-15H,13H2,1-3H3,(H,22,25)/t15-/m0/s1. The molecule has 0 aliphatic rings. The molecule has 0 saturated heterocycles. The summed E-state index contributed by atoms with van der Waals surface area (Å²) < 4.78 is 10.4. The van der Waals surface area contributed by atoms with Crippen molar-refractivity contribution < 1.29 is 23.9 Å². The average Bonchev–Trinajstić information content (AvgIpc) is 2.67.